The van der Waals surface area contributed by atoms with E-state index in [4.69, 9.17) is 9.84 Å². The number of nitrogens with zero attached hydrogens (tertiary/aromatic N) is 2. The van der Waals surface area contributed by atoms with Crippen molar-refractivity contribution in [2.45, 2.75) is 18.9 Å². The third kappa shape index (κ3) is 2.10. The molecule has 3 rings (SSSR count). The van der Waals surface area contributed by atoms with Gasteiger partial charge in [0.05, 0.1) is 23.6 Å². The summed E-state index contributed by atoms with van der Waals surface area (Å²) < 4.78 is 7.22. The highest BCUT2D eigenvalue weighted by Crippen LogP contribution is 2.47. The minimum atomic E-state index is -0.727. The van der Waals surface area contributed by atoms with Gasteiger partial charge in [0.25, 0.3) is 0 Å². The van der Waals surface area contributed by atoms with Gasteiger partial charge in [0.2, 0.25) is 0 Å². The number of methoxy groups -OCH3 is 1. The van der Waals surface area contributed by atoms with Gasteiger partial charge in [-0.15, -0.1) is 0 Å². The smallest absolute Gasteiger partial charge is 0.307 e. The Balaban J connectivity index is 2.00. The monoisotopic (exact) mass is 260 g/mol. The Labute approximate surface area is 110 Å². The Morgan fingerprint density at radius 1 is 1.53 bits per heavy atom. The molecule has 19 heavy (non-hydrogen) atoms. The number of carboxylic acids is 1. The average Bonchev–Trinajstić information content (AvgIpc) is 3.13. The van der Waals surface area contributed by atoms with Gasteiger partial charge in [-0.3, -0.25) is 4.79 Å². The Bertz CT molecular complexity index is 620. The zero-order chi connectivity index (χ0) is 13.4. The summed E-state index contributed by atoms with van der Waals surface area (Å²) in [5, 5.41) is 9.07. The van der Waals surface area contributed by atoms with E-state index in [1.165, 1.54) is 0 Å². The first-order valence-electron chi connectivity index (χ1n) is 6.39. The number of ether oxygens (including phenoxy) is 1. The van der Waals surface area contributed by atoms with E-state index in [-0.39, 0.29) is 11.8 Å². The van der Waals surface area contributed by atoms with Crippen LogP contribution in [0.15, 0.2) is 24.3 Å². The zero-order valence-corrected chi connectivity index (χ0v) is 10.7. The fourth-order valence-corrected chi connectivity index (χ4v) is 2.55. The SMILES string of the molecule is COCCn1c(C2CC2C(=O)O)nc2ccccc21. The molecule has 1 fully saturated rings. The lowest BCUT2D eigenvalue weighted by molar-refractivity contribution is -0.138. The number of benzene rings is 1. The van der Waals surface area contributed by atoms with Crippen LogP contribution in [-0.4, -0.2) is 34.3 Å². The summed E-state index contributed by atoms with van der Waals surface area (Å²) >= 11 is 0. The van der Waals surface area contributed by atoms with Crippen molar-refractivity contribution in [3.8, 4) is 0 Å². The number of rotatable bonds is 5. The molecule has 1 N–H and O–H groups in total. The molecule has 0 aliphatic heterocycles. The number of carbonyl (C=O) groups is 1. The van der Waals surface area contributed by atoms with Crippen molar-refractivity contribution in [3.63, 3.8) is 0 Å². The summed E-state index contributed by atoms with van der Waals surface area (Å²) in [6, 6.07) is 7.89. The van der Waals surface area contributed by atoms with E-state index in [1.54, 1.807) is 7.11 Å². The predicted molar refractivity (Wildman–Crippen MR) is 70.1 cm³/mol. The Hall–Kier alpha value is -1.88. The quantitative estimate of drug-likeness (QED) is 0.891. The third-order valence-corrected chi connectivity index (χ3v) is 3.64. The molecular formula is C14H16N2O3. The van der Waals surface area contributed by atoms with Gasteiger partial charge in [-0.1, -0.05) is 12.1 Å². The lowest BCUT2D eigenvalue weighted by atomic mass is 10.3. The molecule has 1 heterocycles. The Kier molecular flexibility index (Phi) is 2.98. The molecule has 5 heteroatoms. The zero-order valence-electron chi connectivity index (χ0n) is 10.7. The van der Waals surface area contributed by atoms with E-state index < -0.39 is 5.97 Å². The first-order valence-corrected chi connectivity index (χ1v) is 6.39. The fraction of sp³-hybridized carbons (Fsp3) is 0.429. The van der Waals surface area contributed by atoms with Gasteiger partial charge in [0, 0.05) is 19.6 Å². The second-order valence-corrected chi connectivity index (χ2v) is 4.89. The molecule has 2 unspecified atom stereocenters. The van der Waals surface area contributed by atoms with E-state index in [0.717, 1.165) is 16.9 Å². The van der Waals surface area contributed by atoms with Crippen LogP contribution in [0.3, 0.4) is 0 Å². The summed E-state index contributed by atoms with van der Waals surface area (Å²) in [7, 11) is 1.66. The van der Waals surface area contributed by atoms with Crippen molar-refractivity contribution in [1.82, 2.24) is 9.55 Å². The number of carboxylic acid groups (broad SMARTS) is 1. The molecular weight excluding hydrogens is 244 g/mol. The molecule has 1 aliphatic rings. The molecule has 100 valence electrons. The van der Waals surface area contributed by atoms with Crippen molar-refractivity contribution in [2.75, 3.05) is 13.7 Å². The normalized spacial score (nSPS) is 21.7. The van der Waals surface area contributed by atoms with Gasteiger partial charge >= 0.3 is 5.97 Å². The van der Waals surface area contributed by atoms with Crippen molar-refractivity contribution < 1.29 is 14.6 Å². The van der Waals surface area contributed by atoms with Crippen molar-refractivity contribution >= 4 is 17.0 Å². The van der Waals surface area contributed by atoms with Crippen LogP contribution in [0.2, 0.25) is 0 Å². The molecule has 0 radical (unpaired) electrons. The number of aliphatic carboxylic acids is 1. The summed E-state index contributed by atoms with van der Waals surface area (Å²) in [5.74, 6) is -0.0825. The minimum Gasteiger partial charge on any atom is -0.481 e. The molecule has 1 aromatic carbocycles. The highest BCUT2D eigenvalue weighted by molar-refractivity contribution is 5.78. The largest absolute Gasteiger partial charge is 0.481 e. The van der Waals surface area contributed by atoms with Gasteiger partial charge in [-0.2, -0.15) is 0 Å². The van der Waals surface area contributed by atoms with Crippen LogP contribution in [-0.2, 0) is 16.1 Å². The molecule has 0 amide bonds. The second kappa shape index (κ2) is 4.66. The maximum Gasteiger partial charge on any atom is 0.307 e. The highest BCUT2D eigenvalue weighted by Gasteiger charge is 2.47. The summed E-state index contributed by atoms with van der Waals surface area (Å²) in [6.07, 6.45) is 0.686. The van der Waals surface area contributed by atoms with Crippen molar-refractivity contribution in [2.24, 2.45) is 5.92 Å². The van der Waals surface area contributed by atoms with Crippen molar-refractivity contribution in [3.05, 3.63) is 30.1 Å². The average molecular weight is 260 g/mol. The van der Waals surface area contributed by atoms with Crippen LogP contribution in [0.1, 0.15) is 18.2 Å². The summed E-state index contributed by atoms with van der Waals surface area (Å²) in [5.41, 5.74) is 1.97. The first kappa shape index (κ1) is 12.2. The maximum absolute atomic E-state index is 11.0. The van der Waals surface area contributed by atoms with Gasteiger partial charge in [0.15, 0.2) is 0 Å². The van der Waals surface area contributed by atoms with E-state index in [1.807, 2.05) is 24.3 Å². The lowest BCUT2D eigenvalue weighted by Crippen LogP contribution is -2.09. The van der Waals surface area contributed by atoms with Gasteiger partial charge in [-0.25, -0.2) is 4.98 Å². The molecule has 5 nitrogen and oxygen atoms in total. The van der Waals surface area contributed by atoms with E-state index in [9.17, 15) is 4.79 Å². The number of fused-ring (bicyclic) bond motifs is 1. The number of hydrogen-bond acceptors (Lipinski definition) is 3. The van der Waals surface area contributed by atoms with Gasteiger partial charge < -0.3 is 14.4 Å². The minimum absolute atomic E-state index is 0.0433. The van der Waals surface area contributed by atoms with Crippen molar-refractivity contribution in [1.29, 1.82) is 0 Å². The summed E-state index contributed by atoms with van der Waals surface area (Å²) in [4.78, 5) is 15.6. The number of hydrogen-bond donors (Lipinski definition) is 1. The van der Waals surface area contributed by atoms with Crippen LogP contribution in [0.25, 0.3) is 11.0 Å². The number of aromatic nitrogens is 2. The topological polar surface area (TPSA) is 64.3 Å². The molecule has 1 aromatic heterocycles. The third-order valence-electron chi connectivity index (χ3n) is 3.64. The molecule has 0 saturated heterocycles. The maximum atomic E-state index is 11.0. The van der Waals surface area contributed by atoms with E-state index in [2.05, 4.69) is 9.55 Å². The summed E-state index contributed by atoms with van der Waals surface area (Å²) in [6.45, 7) is 1.30. The molecule has 0 spiro atoms. The number of imidazole rings is 1. The highest BCUT2D eigenvalue weighted by atomic mass is 16.5. The van der Waals surface area contributed by atoms with Crippen LogP contribution in [0.5, 0.6) is 0 Å². The molecule has 2 aromatic rings. The van der Waals surface area contributed by atoms with Gasteiger partial charge in [-0.05, 0) is 18.6 Å². The number of para-hydroxylation sites is 2. The Morgan fingerprint density at radius 3 is 3.00 bits per heavy atom. The fourth-order valence-electron chi connectivity index (χ4n) is 2.55. The Morgan fingerprint density at radius 2 is 2.32 bits per heavy atom. The van der Waals surface area contributed by atoms with Crippen LogP contribution in [0.4, 0.5) is 0 Å². The van der Waals surface area contributed by atoms with Crippen LogP contribution in [0, 0.1) is 5.92 Å². The molecule has 1 saturated carbocycles. The van der Waals surface area contributed by atoms with Gasteiger partial charge in [0.1, 0.15) is 5.82 Å². The van der Waals surface area contributed by atoms with Crippen LogP contribution >= 0.6 is 0 Å². The molecule has 2 atom stereocenters. The lowest BCUT2D eigenvalue weighted by Gasteiger charge is -2.07. The van der Waals surface area contributed by atoms with E-state index in [0.29, 0.717) is 19.6 Å². The van der Waals surface area contributed by atoms with E-state index >= 15 is 0 Å². The molecule has 1 aliphatic carbocycles. The molecule has 0 bridgehead atoms. The van der Waals surface area contributed by atoms with Crippen LogP contribution < -0.4 is 0 Å². The standard InChI is InChI=1S/C14H16N2O3/c1-19-7-6-16-12-5-3-2-4-11(12)15-13(16)9-8-10(9)14(17)18/h2-5,9-10H,6-8H2,1H3,(H,17,18). The second-order valence-electron chi connectivity index (χ2n) is 4.89. The predicted octanol–water partition coefficient (Wildman–Crippen LogP) is 1.87. The first-order chi connectivity index (χ1) is 9.22.